The first-order chi connectivity index (χ1) is 11.4. The summed E-state index contributed by atoms with van der Waals surface area (Å²) in [6, 6.07) is 0. The van der Waals surface area contributed by atoms with Crippen LogP contribution in [-0.2, 0) is 0 Å². The van der Waals surface area contributed by atoms with Gasteiger partial charge in [-0.1, -0.05) is 133 Å². The molecule has 0 atom stereocenters. The van der Waals surface area contributed by atoms with Crippen LogP contribution in [0.1, 0.15) is 135 Å². The molecule has 0 bridgehead atoms. The maximum Gasteiger partial charge on any atom is 0 e. The molecular formula is C26H58. The van der Waals surface area contributed by atoms with Crippen LogP contribution >= 0.6 is 0 Å². The first-order valence-electron chi connectivity index (χ1n) is 11.4. The molecule has 0 aliphatic heterocycles. The molecule has 26 heavy (non-hydrogen) atoms. The van der Waals surface area contributed by atoms with Crippen molar-refractivity contribution in [3.05, 3.63) is 0 Å². The van der Waals surface area contributed by atoms with Crippen molar-refractivity contribution in [3.8, 4) is 0 Å². The van der Waals surface area contributed by atoms with Gasteiger partial charge >= 0.3 is 0 Å². The molecule has 0 unspecified atom stereocenters. The van der Waals surface area contributed by atoms with Gasteiger partial charge in [0.05, 0.1) is 0 Å². The molecular weight excluding hydrogens is 312 g/mol. The molecule has 3 fully saturated rings. The molecule has 3 saturated carbocycles. The standard InChI is InChI=1S/3C8H16.2CH4.H2/c3*1-7-3-5-8(2)6-4-7;;;/h3*7-8H,3-6H2,1-2H3;2*1H4;1H. The summed E-state index contributed by atoms with van der Waals surface area (Å²) in [5.41, 5.74) is 0. The van der Waals surface area contributed by atoms with Crippen LogP contribution in [-0.4, -0.2) is 0 Å². The number of hydrogen-bond donors (Lipinski definition) is 0. The van der Waals surface area contributed by atoms with Gasteiger partial charge in [0.25, 0.3) is 0 Å². The van der Waals surface area contributed by atoms with Gasteiger partial charge in [-0.2, -0.15) is 0 Å². The molecule has 0 N–H and O–H groups in total. The molecule has 0 aromatic carbocycles. The summed E-state index contributed by atoms with van der Waals surface area (Å²) < 4.78 is 0. The lowest BCUT2D eigenvalue weighted by atomic mass is 9.84. The fourth-order valence-electron chi connectivity index (χ4n) is 4.28. The Morgan fingerprint density at radius 1 is 0.308 bits per heavy atom. The summed E-state index contributed by atoms with van der Waals surface area (Å²) in [6.45, 7) is 14.2. The maximum absolute atomic E-state index is 2.37. The van der Waals surface area contributed by atoms with Gasteiger partial charge in [0.15, 0.2) is 0 Å². The average Bonchev–Trinajstić information content (AvgIpc) is 2.57. The van der Waals surface area contributed by atoms with Gasteiger partial charge in [-0.05, 0) is 35.5 Å². The van der Waals surface area contributed by atoms with E-state index in [0.29, 0.717) is 0 Å². The Morgan fingerprint density at radius 2 is 0.385 bits per heavy atom. The molecule has 3 aliphatic rings. The fraction of sp³-hybridized carbons (Fsp3) is 1.00. The molecule has 0 saturated heterocycles. The third-order valence-electron chi connectivity index (χ3n) is 6.91. The second-order valence-electron chi connectivity index (χ2n) is 10.1. The molecule has 0 aromatic rings. The fourth-order valence-corrected chi connectivity index (χ4v) is 4.28. The van der Waals surface area contributed by atoms with E-state index in [4.69, 9.17) is 0 Å². The van der Waals surface area contributed by atoms with Crippen molar-refractivity contribution in [2.45, 2.75) is 133 Å². The summed E-state index contributed by atoms with van der Waals surface area (Å²) in [6.07, 6.45) is 17.7. The van der Waals surface area contributed by atoms with Crippen molar-refractivity contribution in [3.63, 3.8) is 0 Å². The van der Waals surface area contributed by atoms with Gasteiger partial charge in [-0.25, -0.2) is 0 Å². The molecule has 0 heterocycles. The highest BCUT2D eigenvalue weighted by Crippen LogP contribution is 2.28. The van der Waals surface area contributed by atoms with E-state index in [0.717, 1.165) is 35.5 Å². The van der Waals surface area contributed by atoms with Crippen LogP contribution < -0.4 is 0 Å². The van der Waals surface area contributed by atoms with E-state index < -0.39 is 0 Å². The molecule has 3 rings (SSSR count). The Hall–Kier alpha value is 0. The van der Waals surface area contributed by atoms with Crippen LogP contribution in [0.15, 0.2) is 0 Å². The van der Waals surface area contributed by atoms with Crippen LogP contribution in [0.2, 0.25) is 0 Å². The van der Waals surface area contributed by atoms with E-state index in [9.17, 15) is 0 Å². The predicted octanol–water partition coefficient (Wildman–Crippen LogP) is 10.0. The molecule has 0 spiro atoms. The highest BCUT2D eigenvalue weighted by Gasteiger charge is 2.14. The van der Waals surface area contributed by atoms with Gasteiger partial charge in [0, 0.05) is 1.43 Å². The van der Waals surface area contributed by atoms with E-state index in [1.54, 1.807) is 0 Å². The summed E-state index contributed by atoms with van der Waals surface area (Å²) in [7, 11) is 0. The molecule has 3 aliphatic carbocycles. The quantitative estimate of drug-likeness (QED) is 0.398. The zero-order chi connectivity index (χ0) is 17.9. The van der Waals surface area contributed by atoms with Crippen LogP contribution in [0.25, 0.3) is 0 Å². The average molecular weight is 371 g/mol. The van der Waals surface area contributed by atoms with Gasteiger partial charge in [0.2, 0.25) is 0 Å². The third kappa shape index (κ3) is 14.1. The second kappa shape index (κ2) is 16.0. The predicted molar refractivity (Wildman–Crippen MR) is 126 cm³/mol. The molecule has 0 heteroatoms. The van der Waals surface area contributed by atoms with Crippen molar-refractivity contribution in [1.29, 1.82) is 0 Å². The summed E-state index contributed by atoms with van der Waals surface area (Å²) in [5, 5.41) is 0. The van der Waals surface area contributed by atoms with Crippen molar-refractivity contribution >= 4 is 0 Å². The van der Waals surface area contributed by atoms with Gasteiger partial charge in [-0.15, -0.1) is 0 Å². The van der Waals surface area contributed by atoms with Crippen molar-refractivity contribution in [1.82, 2.24) is 0 Å². The van der Waals surface area contributed by atoms with Gasteiger partial charge < -0.3 is 0 Å². The van der Waals surface area contributed by atoms with Crippen LogP contribution in [0.5, 0.6) is 0 Å². The minimum absolute atomic E-state index is 0. The summed E-state index contributed by atoms with van der Waals surface area (Å²) in [5.74, 6) is 6.12. The van der Waals surface area contributed by atoms with Crippen molar-refractivity contribution in [2.24, 2.45) is 35.5 Å². The van der Waals surface area contributed by atoms with E-state index in [2.05, 4.69) is 41.5 Å². The lowest BCUT2D eigenvalue weighted by Gasteiger charge is -2.22. The SMILES string of the molecule is C.C.CC1CCC(C)CC1.CC1CCC(C)CC1.CC1CCC(C)CC1.[HH]. The molecule has 162 valence electrons. The highest BCUT2D eigenvalue weighted by molar-refractivity contribution is 4.67. The molecule has 0 aromatic heterocycles. The third-order valence-corrected chi connectivity index (χ3v) is 6.91. The number of hydrogen-bond acceptors (Lipinski definition) is 0. The van der Waals surface area contributed by atoms with E-state index in [1.807, 2.05) is 0 Å². The topological polar surface area (TPSA) is 0 Å². The van der Waals surface area contributed by atoms with Crippen LogP contribution in [0.3, 0.4) is 0 Å². The summed E-state index contributed by atoms with van der Waals surface area (Å²) in [4.78, 5) is 0. The normalized spacial score (nSPS) is 36.7. The highest BCUT2D eigenvalue weighted by atomic mass is 14.2. The first-order valence-corrected chi connectivity index (χ1v) is 11.4. The Morgan fingerprint density at radius 3 is 0.462 bits per heavy atom. The Kier molecular flexibility index (Phi) is 17.4. The Labute approximate surface area is 170 Å². The zero-order valence-corrected chi connectivity index (χ0v) is 17.9. The van der Waals surface area contributed by atoms with Crippen molar-refractivity contribution < 1.29 is 1.43 Å². The smallest absolute Gasteiger partial charge is 0 e. The number of rotatable bonds is 0. The van der Waals surface area contributed by atoms with Crippen LogP contribution in [0, 0.1) is 35.5 Å². The maximum atomic E-state index is 2.37. The monoisotopic (exact) mass is 370 g/mol. The minimum atomic E-state index is 0. The lowest BCUT2D eigenvalue weighted by Crippen LogP contribution is -2.08. The Balaban J connectivity index is -0.000000303. The minimum Gasteiger partial charge on any atom is -0.0776 e. The lowest BCUT2D eigenvalue weighted by molar-refractivity contribution is 0.308. The van der Waals surface area contributed by atoms with Crippen LogP contribution in [0.4, 0.5) is 0 Å². The van der Waals surface area contributed by atoms with E-state index >= 15 is 0 Å². The largest absolute Gasteiger partial charge is 0.0776 e. The Bertz CT molecular complexity index is 199. The molecule has 0 radical (unpaired) electrons. The van der Waals surface area contributed by atoms with Crippen molar-refractivity contribution in [2.75, 3.05) is 0 Å². The zero-order valence-electron chi connectivity index (χ0n) is 17.9. The van der Waals surface area contributed by atoms with Gasteiger partial charge in [0.1, 0.15) is 0 Å². The summed E-state index contributed by atoms with van der Waals surface area (Å²) >= 11 is 0. The molecule has 0 amide bonds. The molecule has 0 nitrogen and oxygen atoms in total. The van der Waals surface area contributed by atoms with E-state index in [1.165, 1.54) is 77.0 Å². The van der Waals surface area contributed by atoms with E-state index in [-0.39, 0.29) is 16.3 Å². The second-order valence-corrected chi connectivity index (χ2v) is 10.1. The first kappa shape index (κ1) is 28.2. The van der Waals surface area contributed by atoms with Gasteiger partial charge in [-0.3, -0.25) is 0 Å².